The van der Waals surface area contributed by atoms with Crippen LogP contribution in [0.5, 0.6) is 0 Å². The summed E-state index contributed by atoms with van der Waals surface area (Å²) in [6.45, 7) is 9.69. The average Bonchev–Trinajstić information content (AvgIpc) is 3.45. The molecule has 7 heteroatoms. The quantitative estimate of drug-likeness (QED) is 0.564. The molecule has 2 atom stereocenters. The highest BCUT2D eigenvalue weighted by Gasteiger charge is 2.41. The predicted molar refractivity (Wildman–Crippen MR) is 135 cm³/mol. The molecule has 172 valence electrons. The van der Waals surface area contributed by atoms with E-state index >= 15 is 0 Å². The van der Waals surface area contributed by atoms with Gasteiger partial charge < -0.3 is 19.5 Å². The van der Waals surface area contributed by atoms with Crippen molar-refractivity contribution in [1.29, 1.82) is 0 Å². The van der Waals surface area contributed by atoms with Gasteiger partial charge in [0.15, 0.2) is 5.11 Å². The summed E-state index contributed by atoms with van der Waals surface area (Å²) in [4.78, 5) is 9.49. The van der Waals surface area contributed by atoms with Gasteiger partial charge in [0.25, 0.3) is 0 Å². The third-order valence-corrected chi connectivity index (χ3v) is 7.16. The number of hydrogen-bond donors (Lipinski definition) is 1. The Morgan fingerprint density at radius 3 is 2.64 bits per heavy atom. The van der Waals surface area contributed by atoms with Crippen molar-refractivity contribution in [2.45, 2.75) is 25.9 Å². The molecule has 0 amide bonds. The summed E-state index contributed by atoms with van der Waals surface area (Å²) in [7, 11) is 0. The Morgan fingerprint density at radius 2 is 1.88 bits per heavy atom. The molecule has 0 saturated carbocycles. The molecule has 0 bridgehead atoms. The highest BCUT2D eigenvalue weighted by Crippen LogP contribution is 2.39. The van der Waals surface area contributed by atoms with Crippen LogP contribution in [0.2, 0.25) is 0 Å². The van der Waals surface area contributed by atoms with Crippen LogP contribution in [0, 0.1) is 13.8 Å². The maximum atomic E-state index is 5.87. The Hall–Kier alpha value is -2.74. The highest BCUT2D eigenvalue weighted by atomic mass is 32.1. The van der Waals surface area contributed by atoms with Gasteiger partial charge in [-0.15, -0.1) is 0 Å². The van der Waals surface area contributed by atoms with E-state index in [0.717, 1.165) is 50.2 Å². The zero-order chi connectivity index (χ0) is 22.8. The van der Waals surface area contributed by atoms with E-state index in [1.165, 1.54) is 22.5 Å². The fourth-order valence-corrected chi connectivity index (χ4v) is 5.12. The summed E-state index contributed by atoms with van der Waals surface area (Å²) < 4.78 is 7.82. The fourth-order valence-electron chi connectivity index (χ4n) is 4.79. The molecule has 2 unspecified atom stereocenters. The molecule has 0 aliphatic carbocycles. The molecule has 5 rings (SSSR count). The van der Waals surface area contributed by atoms with E-state index in [1.54, 1.807) is 0 Å². The summed E-state index contributed by atoms with van der Waals surface area (Å²) in [5, 5.41) is 4.37. The molecule has 2 saturated heterocycles. The average molecular weight is 462 g/mol. The van der Waals surface area contributed by atoms with Gasteiger partial charge in [-0.2, -0.15) is 0 Å². The van der Waals surface area contributed by atoms with E-state index in [1.807, 2.05) is 18.3 Å². The van der Waals surface area contributed by atoms with Crippen LogP contribution < -0.4 is 5.32 Å². The first kappa shape index (κ1) is 22.1. The summed E-state index contributed by atoms with van der Waals surface area (Å²) in [5.74, 6) is 0. The van der Waals surface area contributed by atoms with Crippen LogP contribution in [0.25, 0.3) is 5.69 Å². The third kappa shape index (κ3) is 4.53. The van der Waals surface area contributed by atoms with Crippen molar-refractivity contribution in [3.05, 3.63) is 83.4 Å². The second-order valence-electron chi connectivity index (χ2n) is 8.85. The van der Waals surface area contributed by atoms with Crippen molar-refractivity contribution in [3.63, 3.8) is 0 Å². The summed E-state index contributed by atoms with van der Waals surface area (Å²) >= 11 is 5.87. The molecule has 2 fully saturated rings. The molecular formula is C26H31N5OS. The number of thiocarbonyl (C=S) groups is 1. The van der Waals surface area contributed by atoms with E-state index < -0.39 is 0 Å². The molecule has 33 heavy (non-hydrogen) atoms. The van der Waals surface area contributed by atoms with E-state index in [2.05, 4.69) is 81.1 Å². The van der Waals surface area contributed by atoms with Crippen molar-refractivity contribution in [2.75, 3.05) is 39.4 Å². The van der Waals surface area contributed by atoms with Crippen molar-refractivity contribution >= 4 is 17.3 Å². The molecule has 2 aliphatic rings. The number of morpholine rings is 1. The van der Waals surface area contributed by atoms with Gasteiger partial charge in [-0.3, -0.25) is 9.88 Å². The third-order valence-electron chi connectivity index (χ3n) is 6.81. The van der Waals surface area contributed by atoms with Crippen molar-refractivity contribution in [3.8, 4) is 5.69 Å². The van der Waals surface area contributed by atoms with Crippen LogP contribution in [-0.4, -0.2) is 63.9 Å². The molecular weight excluding hydrogens is 430 g/mol. The van der Waals surface area contributed by atoms with E-state index in [0.29, 0.717) is 0 Å². The van der Waals surface area contributed by atoms with Crippen LogP contribution >= 0.6 is 12.2 Å². The molecule has 2 aromatic heterocycles. The standard InChI is InChI=1S/C26H31N5OS/c1-19-8-9-21(18-20(19)2)30-11-5-7-23(30)25-24(22-6-3-4-10-27-22)28-26(33)31(25)13-12-29-14-16-32-17-15-29/h3-11,18,24-25H,12-17H2,1-2H3,(H,28,33). The predicted octanol–water partition coefficient (Wildman–Crippen LogP) is 3.79. The number of benzene rings is 1. The normalized spacial score (nSPS) is 21.4. The molecule has 2 aliphatic heterocycles. The Bertz CT molecular complexity index is 1110. The van der Waals surface area contributed by atoms with Gasteiger partial charge in [0.1, 0.15) is 0 Å². The van der Waals surface area contributed by atoms with Crippen LogP contribution in [0.1, 0.15) is 34.6 Å². The van der Waals surface area contributed by atoms with Gasteiger partial charge in [0.05, 0.1) is 31.0 Å². The van der Waals surface area contributed by atoms with Gasteiger partial charge >= 0.3 is 0 Å². The number of rotatable bonds is 6. The van der Waals surface area contributed by atoms with E-state index in [-0.39, 0.29) is 12.1 Å². The van der Waals surface area contributed by atoms with E-state index in [9.17, 15) is 0 Å². The molecule has 6 nitrogen and oxygen atoms in total. The minimum atomic E-state index is -0.0106. The zero-order valence-corrected chi connectivity index (χ0v) is 20.1. The van der Waals surface area contributed by atoms with E-state index in [4.69, 9.17) is 17.0 Å². The van der Waals surface area contributed by atoms with Crippen molar-refractivity contribution in [1.82, 2.24) is 24.7 Å². The molecule has 0 spiro atoms. The van der Waals surface area contributed by atoms with Gasteiger partial charge in [0.2, 0.25) is 0 Å². The van der Waals surface area contributed by atoms with Gasteiger partial charge in [0, 0.05) is 50.0 Å². The van der Waals surface area contributed by atoms with Crippen LogP contribution in [0.3, 0.4) is 0 Å². The highest BCUT2D eigenvalue weighted by molar-refractivity contribution is 7.80. The largest absolute Gasteiger partial charge is 0.379 e. The maximum Gasteiger partial charge on any atom is 0.170 e. The second-order valence-corrected chi connectivity index (χ2v) is 9.23. The molecule has 0 radical (unpaired) electrons. The number of pyridine rings is 1. The number of nitrogens with zero attached hydrogens (tertiary/aromatic N) is 4. The first-order valence-corrected chi connectivity index (χ1v) is 12.1. The first-order chi connectivity index (χ1) is 16.1. The lowest BCUT2D eigenvalue weighted by atomic mass is 10.0. The number of aryl methyl sites for hydroxylation is 2. The first-order valence-electron chi connectivity index (χ1n) is 11.6. The van der Waals surface area contributed by atoms with Crippen molar-refractivity contribution < 1.29 is 4.74 Å². The molecule has 1 aromatic carbocycles. The molecule has 1 N–H and O–H groups in total. The Labute approximate surface area is 201 Å². The monoisotopic (exact) mass is 461 g/mol. The topological polar surface area (TPSA) is 45.6 Å². The smallest absolute Gasteiger partial charge is 0.170 e. The van der Waals surface area contributed by atoms with Crippen molar-refractivity contribution in [2.24, 2.45) is 0 Å². The SMILES string of the molecule is Cc1ccc(-n2cccc2C2C(c3ccccn3)NC(=S)N2CCN2CCOCC2)cc1C. The Morgan fingerprint density at radius 1 is 1.03 bits per heavy atom. The minimum Gasteiger partial charge on any atom is -0.379 e. The Kier molecular flexibility index (Phi) is 6.44. The maximum absolute atomic E-state index is 5.87. The lowest BCUT2D eigenvalue weighted by Crippen LogP contribution is -2.42. The summed E-state index contributed by atoms with van der Waals surface area (Å²) in [6, 6.07) is 17.1. The van der Waals surface area contributed by atoms with Crippen LogP contribution in [0.15, 0.2) is 60.9 Å². The summed E-state index contributed by atoms with van der Waals surface area (Å²) in [5.41, 5.74) is 5.98. The Balaban J connectivity index is 1.51. The lowest BCUT2D eigenvalue weighted by Gasteiger charge is -2.32. The van der Waals surface area contributed by atoms with Gasteiger partial charge in [-0.1, -0.05) is 12.1 Å². The zero-order valence-electron chi connectivity index (χ0n) is 19.3. The molecule has 3 aromatic rings. The van der Waals surface area contributed by atoms with Gasteiger partial charge in [-0.25, -0.2) is 0 Å². The minimum absolute atomic E-state index is 0.0106. The molecule has 4 heterocycles. The van der Waals surface area contributed by atoms with Crippen LogP contribution in [0.4, 0.5) is 0 Å². The second kappa shape index (κ2) is 9.63. The van der Waals surface area contributed by atoms with Gasteiger partial charge in [-0.05, 0) is 73.6 Å². The van der Waals surface area contributed by atoms with Crippen LogP contribution in [-0.2, 0) is 4.74 Å². The number of nitrogens with one attached hydrogen (secondary N) is 1. The lowest BCUT2D eigenvalue weighted by molar-refractivity contribution is 0.0349. The summed E-state index contributed by atoms with van der Waals surface area (Å²) in [6.07, 6.45) is 4.01. The number of aromatic nitrogens is 2. The number of ether oxygens (including phenoxy) is 1. The number of hydrogen-bond acceptors (Lipinski definition) is 4. The fraction of sp³-hybridized carbons (Fsp3) is 0.385.